The molecule has 1 aliphatic rings. The number of nitrogens with zero attached hydrogens (tertiary/aromatic N) is 1. The third-order valence-corrected chi connectivity index (χ3v) is 3.49. The summed E-state index contributed by atoms with van der Waals surface area (Å²) in [4.78, 5) is 16.5. The molecule has 5 nitrogen and oxygen atoms in total. The van der Waals surface area contributed by atoms with Crippen molar-refractivity contribution in [3.63, 3.8) is 0 Å². The average Bonchev–Trinajstić information content (AvgIpc) is 2.96. The summed E-state index contributed by atoms with van der Waals surface area (Å²) in [7, 11) is 3.20. The quantitative estimate of drug-likeness (QED) is 0.883. The molecular formula is C18H16N2O3. The van der Waals surface area contributed by atoms with E-state index in [0.29, 0.717) is 17.3 Å². The lowest BCUT2D eigenvalue weighted by molar-refractivity contribution is -0.115. The van der Waals surface area contributed by atoms with Gasteiger partial charge in [-0.25, -0.2) is 4.99 Å². The molecule has 0 aliphatic carbocycles. The second-order valence-corrected chi connectivity index (χ2v) is 4.91. The fourth-order valence-electron chi connectivity index (χ4n) is 2.29. The normalized spacial score (nSPS) is 15.3. The van der Waals surface area contributed by atoms with Crippen molar-refractivity contribution in [3.05, 3.63) is 65.4 Å². The Morgan fingerprint density at radius 1 is 1.00 bits per heavy atom. The van der Waals surface area contributed by atoms with Gasteiger partial charge in [-0.1, -0.05) is 18.2 Å². The van der Waals surface area contributed by atoms with Crippen molar-refractivity contribution < 1.29 is 14.3 Å². The van der Waals surface area contributed by atoms with Crippen LogP contribution in [-0.4, -0.2) is 26.0 Å². The standard InChI is InChI=1S/C18H16N2O3/c1-22-14-9-7-12(8-10-14)17-19-15(18(21)20-17)11-13-5-3-4-6-16(13)23-2/h3-11H,1-2H3,(H,19,20,21)/b15-11-. The van der Waals surface area contributed by atoms with Crippen molar-refractivity contribution in [2.24, 2.45) is 4.99 Å². The van der Waals surface area contributed by atoms with Crippen LogP contribution in [0.2, 0.25) is 0 Å². The van der Waals surface area contributed by atoms with Crippen molar-refractivity contribution >= 4 is 17.8 Å². The van der Waals surface area contributed by atoms with Crippen molar-refractivity contribution in [1.82, 2.24) is 5.32 Å². The molecule has 5 heteroatoms. The monoisotopic (exact) mass is 308 g/mol. The first-order chi connectivity index (χ1) is 11.2. The molecule has 2 aromatic rings. The van der Waals surface area contributed by atoms with Crippen LogP contribution >= 0.6 is 0 Å². The van der Waals surface area contributed by atoms with Gasteiger partial charge in [-0.15, -0.1) is 0 Å². The van der Waals surface area contributed by atoms with Gasteiger partial charge < -0.3 is 14.8 Å². The topological polar surface area (TPSA) is 59.9 Å². The number of carbonyl (C=O) groups is 1. The molecule has 0 spiro atoms. The second-order valence-electron chi connectivity index (χ2n) is 4.91. The van der Waals surface area contributed by atoms with E-state index in [4.69, 9.17) is 9.47 Å². The second kappa shape index (κ2) is 6.36. The molecule has 0 saturated heterocycles. The lowest BCUT2D eigenvalue weighted by Crippen LogP contribution is -2.24. The van der Waals surface area contributed by atoms with Crippen molar-refractivity contribution in [1.29, 1.82) is 0 Å². The third-order valence-electron chi connectivity index (χ3n) is 3.49. The molecule has 116 valence electrons. The predicted octanol–water partition coefficient (Wildman–Crippen LogP) is 2.62. The summed E-state index contributed by atoms with van der Waals surface area (Å²) < 4.78 is 10.4. The molecule has 2 aromatic carbocycles. The predicted molar refractivity (Wildman–Crippen MR) is 88.6 cm³/mol. The van der Waals surface area contributed by atoms with Crippen molar-refractivity contribution in [2.75, 3.05) is 14.2 Å². The highest BCUT2D eigenvalue weighted by atomic mass is 16.5. The number of methoxy groups -OCH3 is 2. The van der Waals surface area contributed by atoms with Gasteiger partial charge in [0.1, 0.15) is 23.0 Å². The molecule has 3 rings (SSSR count). The van der Waals surface area contributed by atoms with E-state index in [1.165, 1.54) is 0 Å². The summed E-state index contributed by atoms with van der Waals surface area (Å²) in [6, 6.07) is 14.8. The molecule has 0 aromatic heterocycles. The van der Waals surface area contributed by atoms with Gasteiger partial charge in [0.2, 0.25) is 0 Å². The summed E-state index contributed by atoms with van der Waals surface area (Å²) >= 11 is 0. The SMILES string of the molecule is COc1ccc(C2=N/C(=C\c3ccccc3OC)C(=O)N2)cc1. The molecule has 23 heavy (non-hydrogen) atoms. The van der Waals surface area contributed by atoms with Crippen LogP contribution in [0.15, 0.2) is 59.2 Å². The number of nitrogens with one attached hydrogen (secondary N) is 1. The maximum Gasteiger partial charge on any atom is 0.275 e. The van der Waals surface area contributed by atoms with Crippen molar-refractivity contribution in [3.8, 4) is 11.5 Å². The van der Waals surface area contributed by atoms with Gasteiger partial charge in [0.05, 0.1) is 14.2 Å². The Morgan fingerprint density at radius 2 is 1.74 bits per heavy atom. The molecular weight excluding hydrogens is 292 g/mol. The molecule has 0 saturated carbocycles. The molecule has 0 unspecified atom stereocenters. The number of benzene rings is 2. The van der Waals surface area contributed by atoms with Crippen molar-refractivity contribution in [2.45, 2.75) is 0 Å². The van der Waals surface area contributed by atoms with Crippen LogP contribution in [0.25, 0.3) is 6.08 Å². The Bertz CT molecular complexity index is 792. The highest BCUT2D eigenvalue weighted by Gasteiger charge is 2.21. The van der Waals surface area contributed by atoms with E-state index in [9.17, 15) is 4.79 Å². The van der Waals surface area contributed by atoms with Gasteiger partial charge in [-0.05, 0) is 36.4 Å². The van der Waals surface area contributed by atoms with Crippen LogP contribution in [0.5, 0.6) is 11.5 Å². The molecule has 0 radical (unpaired) electrons. The van der Waals surface area contributed by atoms with E-state index in [0.717, 1.165) is 16.9 Å². The van der Waals surface area contributed by atoms with Crippen LogP contribution in [0, 0.1) is 0 Å². The lowest BCUT2D eigenvalue weighted by atomic mass is 10.1. The van der Waals surface area contributed by atoms with Gasteiger partial charge in [0, 0.05) is 11.1 Å². The highest BCUT2D eigenvalue weighted by Crippen LogP contribution is 2.23. The Labute approximate surface area is 134 Å². The number of hydrogen-bond acceptors (Lipinski definition) is 4. The zero-order valence-corrected chi connectivity index (χ0v) is 12.9. The number of carbonyl (C=O) groups excluding carboxylic acids is 1. The van der Waals surface area contributed by atoms with E-state index in [-0.39, 0.29) is 5.91 Å². The number of para-hydroxylation sites is 1. The Morgan fingerprint density at radius 3 is 2.43 bits per heavy atom. The maximum atomic E-state index is 12.1. The maximum absolute atomic E-state index is 12.1. The molecule has 0 atom stereocenters. The van der Waals surface area contributed by atoms with Crippen LogP contribution < -0.4 is 14.8 Å². The van der Waals surface area contributed by atoms with E-state index in [2.05, 4.69) is 10.3 Å². The number of ether oxygens (including phenoxy) is 2. The Kier molecular flexibility index (Phi) is 4.10. The fraction of sp³-hybridized carbons (Fsp3) is 0.111. The molecule has 1 aliphatic heterocycles. The number of aliphatic imine (C=N–C) groups is 1. The zero-order chi connectivity index (χ0) is 16.2. The minimum Gasteiger partial charge on any atom is -0.497 e. The minimum absolute atomic E-state index is 0.235. The van der Waals surface area contributed by atoms with Crippen LogP contribution in [-0.2, 0) is 4.79 Å². The van der Waals surface area contributed by atoms with Gasteiger partial charge >= 0.3 is 0 Å². The smallest absolute Gasteiger partial charge is 0.275 e. The lowest BCUT2D eigenvalue weighted by Gasteiger charge is -2.03. The first-order valence-electron chi connectivity index (χ1n) is 7.10. The molecule has 0 fully saturated rings. The zero-order valence-electron chi connectivity index (χ0n) is 12.9. The van der Waals surface area contributed by atoms with Gasteiger partial charge in [0.25, 0.3) is 5.91 Å². The summed E-state index contributed by atoms with van der Waals surface area (Å²) in [5.74, 6) is 1.74. The van der Waals surface area contributed by atoms with Crippen LogP contribution in [0.3, 0.4) is 0 Å². The number of amides is 1. The largest absolute Gasteiger partial charge is 0.497 e. The number of amidine groups is 1. The number of rotatable bonds is 4. The van der Waals surface area contributed by atoms with Gasteiger partial charge in [-0.2, -0.15) is 0 Å². The summed E-state index contributed by atoms with van der Waals surface area (Å²) in [5, 5.41) is 2.78. The van der Waals surface area contributed by atoms with Crippen LogP contribution in [0.4, 0.5) is 0 Å². The van der Waals surface area contributed by atoms with E-state index < -0.39 is 0 Å². The summed E-state index contributed by atoms with van der Waals surface area (Å²) in [5.41, 5.74) is 1.97. The first kappa shape index (κ1) is 14.8. The summed E-state index contributed by atoms with van der Waals surface area (Å²) in [6.07, 6.45) is 1.71. The number of hydrogen-bond donors (Lipinski definition) is 1. The Balaban J connectivity index is 1.93. The fourth-order valence-corrected chi connectivity index (χ4v) is 2.29. The first-order valence-corrected chi connectivity index (χ1v) is 7.10. The summed E-state index contributed by atoms with van der Waals surface area (Å²) in [6.45, 7) is 0. The Hall–Kier alpha value is -3.08. The van der Waals surface area contributed by atoms with E-state index in [1.807, 2.05) is 48.5 Å². The van der Waals surface area contributed by atoms with Gasteiger partial charge in [-0.3, -0.25) is 4.79 Å². The molecule has 1 heterocycles. The van der Waals surface area contributed by atoms with Gasteiger partial charge in [0.15, 0.2) is 0 Å². The van der Waals surface area contributed by atoms with E-state index in [1.54, 1.807) is 20.3 Å². The molecule has 1 N–H and O–H groups in total. The molecule has 1 amide bonds. The van der Waals surface area contributed by atoms with E-state index >= 15 is 0 Å². The average molecular weight is 308 g/mol. The molecule has 0 bridgehead atoms. The highest BCUT2D eigenvalue weighted by molar-refractivity contribution is 6.19. The van der Waals surface area contributed by atoms with Crippen LogP contribution in [0.1, 0.15) is 11.1 Å². The minimum atomic E-state index is -0.235. The third kappa shape index (κ3) is 3.08.